The quantitative estimate of drug-likeness (QED) is 0.808. The molecular formula is C19H27N3O3. The van der Waals surface area contributed by atoms with Crippen molar-refractivity contribution in [2.24, 2.45) is 0 Å². The highest BCUT2D eigenvalue weighted by molar-refractivity contribution is 5.74. The van der Waals surface area contributed by atoms with Crippen LogP contribution in [0.4, 0.5) is 4.79 Å². The van der Waals surface area contributed by atoms with E-state index in [1.54, 1.807) is 25.0 Å². The summed E-state index contributed by atoms with van der Waals surface area (Å²) >= 11 is 0. The first-order valence-corrected chi connectivity index (χ1v) is 8.55. The van der Waals surface area contributed by atoms with Crippen LogP contribution in [0.3, 0.4) is 0 Å². The van der Waals surface area contributed by atoms with Crippen LogP contribution in [0, 0.1) is 6.92 Å². The molecular weight excluding hydrogens is 318 g/mol. The van der Waals surface area contributed by atoms with Crippen LogP contribution in [0.2, 0.25) is 0 Å². The van der Waals surface area contributed by atoms with Crippen molar-refractivity contribution in [1.82, 2.24) is 15.2 Å². The van der Waals surface area contributed by atoms with Gasteiger partial charge in [-0.05, 0) is 39.8 Å². The molecule has 2 N–H and O–H groups in total. The van der Waals surface area contributed by atoms with Gasteiger partial charge >= 0.3 is 6.03 Å². The zero-order valence-electron chi connectivity index (χ0n) is 15.4. The van der Waals surface area contributed by atoms with Crippen molar-refractivity contribution in [3.05, 3.63) is 41.8 Å². The third-order valence-electron chi connectivity index (χ3n) is 3.75. The molecule has 0 saturated heterocycles. The van der Waals surface area contributed by atoms with Crippen molar-refractivity contribution < 1.29 is 14.3 Å². The smallest absolute Gasteiger partial charge is 0.317 e. The lowest BCUT2D eigenvalue weighted by Crippen LogP contribution is -2.47. The van der Waals surface area contributed by atoms with Crippen molar-refractivity contribution in [1.29, 1.82) is 0 Å². The number of benzene rings is 1. The predicted molar refractivity (Wildman–Crippen MR) is 97.3 cm³/mol. The molecule has 0 fully saturated rings. The summed E-state index contributed by atoms with van der Waals surface area (Å²) in [5.74, 6) is 0.582. The summed E-state index contributed by atoms with van der Waals surface area (Å²) in [6.45, 7) is 8.58. The number of hydrogen-bond acceptors (Lipinski definition) is 4. The van der Waals surface area contributed by atoms with E-state index in [1.807, 2.05) is 38.1 Å². The molecule has 1 aromatic heterocycles. The minimum Gasteiger partial charge on any atom is -0.444 e. The third kappa shape index (κ3) is 5.90. The summed E-state index contributed by atoms with van der Waals surface area (Å²) in [5, 5.41) is 12.7. The number of amides is 2. The van der Waals surface area contributed by atoms with Crippen LogP contribution in [0.25, 0.3) is 11.5 Å². The van der Waals surface area contributed by atoms with Gasteiger partial charge in [-0.1, -0.05) is 17.7 Å². The topological polar surface area (TPSA) is 78.6 Å². The number of oxazole rings is 1. The van der Waals surface area contributed by atoms with Gasteiger partial charge in [0.25, 0.3) is 0 Å². The van der Waals surface area contributed by atoms with Gasteiger partial charge in [-0.3, -0.25) is 0 Å². The lowest BCUT2D eigenvalue weighted by Gasteiger charge is -2.28. The van der Waals surface area contributed by atoms with Gasteiger partial charge in [0.15, 0.2) is 0 Å². The first-order chi connectivity index (χ1) is 11.8. The van der Waals surface area contributed by atoms with Crippen molar-refractivity contribution in [3.63, 3.8) is 0 Å². The Morgan fingerprint density at radius 1 is 1.32 bits per heavy atom. The second-order valence-electron chi connectivity index (χ2n) is 6.82. The molecule has 2 rings (SSSR count). The van der Waals surface area contributed by atoms with E-state index in [2.05, 4.69) is 10.3 Å². The molecule has 1 heterocycles. The van der Waals surface area contributed by atoms with Crippen LogP contribution >= 0.6 is 0 Å². The van der Waals surface area contributed by atoms with E-state index in [0.29, 0.717) is 25.4 Å². The first kappa shape index (κ1) is 19.0. The van der Waals surface area contributed by atoms with Crippen molar-refractivity contribution >= 4 is 6.03 Å². The molecule has 0 aliphatic rings. The summed E-state index contributed by atoms with van der Waals surface area (Å²) in [7, 11) is 0. The minimum absolute atomic E-state index is 0.188. The van der Waals surface area contributed by atoms with E-state index in [4.69, 9.17) is 4.42 Å². The van der Waals surface area contributed by atoms with Crippen LogP contribution in [0.15, 0.2) is 34.9 Å². The zero-order valence-corrected chi connectivity index (χ0v) is 15.4. The largest absolute Gasteiger partial charge is 0.444 e. The van der Waals surface area contributed by atoms with E-state index in [-0.39, 0.29) is 12.6 Å². The molecule has 0 saturated carbocycles. The number of nitrogens with one attached hydrogen (secondary N) is 1. The summed E-state index contributed by atoms with van der Waals surface area (Å²) in [6.07, 6.45) is 2.21. The molecule has 0 spiro atoms. The Kier molecular flexibility index (Phi) is 6.20. The van der Waals surface area contributed by atoms with Crippen molar-refractivity contribution in [3.8, 4) is 11.5 Å². The molecule has 0 unspecified atom stereocenters. The fourth-order valence-electron chi connectivity index (χ4n) is 2.45. The van der Waals surface area contributed by atoms with Crippen molar-refractivity contribution in [2.45, 2.75) is 39.7 Å². The Morgan fingerprint density at radius 3 is 2.60 bits per heavy atom. The minimum atomic E-state index is -0.914. The molecule has 0 aliphatic carbocycles. The Bertz CT molecular complexity index is 687. The molecule has 0 atom stereocenters. The van der Waals surface area contributed by atoms with E-state index < -0.39 is 5.60 Å². The highest BCUT2D eigenvalue weighted by atomic mass is 16.3. The lowest BCUT2D eigenvalue weighted by molar-refractivity contribution is 0.0480. The number of rotatable bonds is 7. The Hall–Kier alpha value is -2.34. The molecule has 2 aromatic rings. The summed E-state index contributed by atoms with van der Waals surface area (Å²) in [4.78, 5) is 18.2. The SMILES string of the molecule is CCN(CC(C)(C)O)C(=O)NCCc1coc(-c2ccc(C)cc2)n1. The number of carbonyl (C=O) groups excluding carboxylic acids is 1. The number of aryl methyl sites for hydroxylation is 1. The Balaban J connectivity index is 1.85. The van der Waals surface area contributed by atoms with Gasteiger partial charge in [-0.2, -0.15) is 0 Å². The number of urea groups is 1. The maximum atomic E-state index is 12.2. The Labute approximate surface area is 148 Å². The molecule has 25 heavy (non-hydrogen) atoms. The number of aromatic nitrogens is 1. The van der Waals surface area contributed by atoms with Gasteiger partial charge in [-0.25, -0.2) is 9.78 Å². The van der Waals surface area contributed by atoms with Gasteiger partial charge in [0.1, 0.15) is 6.26 Å². The van der Waals surface area contributed by atoms with E-state index in [0.717, 1.165) is 11.3 Å². The highest BCUT2D eigenvalue weighted by Crippen LogP contribution is 2.19. The highest BCUT2D eigenvalue weighted by Gasteiger charge is 2.20. The average molecular weight is 345 g/mol. The average Bonchev–Trinajstić information content (AvgIpc) is 3.01. The van der Waals surface area contributed by atoms with E-state index >= 15 is 0 Å². The Morgan fingerprint density at radius 2 is 2.00 bits per heavy atom. The fourth-order valence-corrected chi connectivity index (χ4v) is 2.45. The van der Waals surface area contributed by atoms with Crippen LogP contribution in [-0.2, 0) is 6.42 Å². The second kappa shape index (κ2) is 8.16. The summed E-state index contributed by atoms with van der Waals surface area (Å²) in [6, 6.07) is 7.79. The van der Waals surface area contributed by atoms with Crippen LogP contribution < -0.4 is 5.32 Å². The molecule has 0 bridgehead atoms. The molecule has 136 valence electrons. The predicted octanol–water partition coefficient (Wildman–Crippen LogP) is 2.99. The molecule has 0 aliphatic heterocycles. The van der Waals surface area contributed by atoms with E-state index in [1.165, 1.54) is 5.56 Å². The number of aliphatic hydroxyl groups is 1. The third-order valence-corrected chi connectivity index (χ3v) is 3.75. The monoisotopic (exact) mass is 345 g/mol. The number of nitrogens with zero attached hydrogens (tertiary/aromatic N) is 2. The van der Waals surface area contributed by atoms with Crippen LogP contribution in [0.1, 0.15) is 32.0 Å². The zero-order chi connectivity index (χ0) is 18.4. The fraction of sp³-hybridized carbons (Fsp3) is 0.474. The number of carbonyl (C=O) groups is 1. The molecule has 6 nitrogen and oxygen atoms in total. The molecule has 6 heteroatoms. The maximum absolute atomic E-state index is 12.2. The lowest BCUT2D eigenvalue weighted by atomic mass is 10.1. The van der Waals surface area contributed by atoms with Crippen molar-refractivity contribution in [2.75, 3.05) is 19.6 Å². The van der Waals surface area contributed by atoms with Gasteiger partial charge in [0.05, 0.1) is 17.8 Å². The summed E-state index contributed by atoms with van der Waals surface area (Å²) in [5.41, 5.74) is 2.00. The number of hydrogen-bond donors (Lipinski definition) is 2. The molecule has 1 aromatic carbocycles. The van der Waals surface area contributed by atoms with Gasteiger partial charge in [-0.15, -0.1) is 0 Å². The van der Waals surface area contributed by atoms with E-state index in [9.17, 15) is 9.90 Å². The van der Waals surface area contributed by atoms with Crippen LogP contribution in [0.5, 0.6) is 0 Å². The standard InChI is InChI=1S/C19H27N3O3/c1-5-22(13-19(3,4)24)18(23)20-11-10-16-12-25-17(21-16)15-8-6-14(2)7-9-15/h6-9,12,24H,5,10-11,13H2,1-4H3,(H,20,23). The maximum Gasteiger partial charge on any atom is 0.317 e. The van der Waals surface area contributed by atoms with Gasteiger partial charge < -0.3 is 19.7 Å². The van der Waals surface area contributed by atoms with Gasteiger partial charge in [0, 0.05) is 25.1 Å². The number of likely N-dealkylation sites (N-methyl/N-ethyl adjacent to an activating group) is 1. The van der Waals surface area contributed by atoms with Crippen LogP contribution in [-0.4, -0.2) is 46.3 Å². The summed E-state index contributed by atoms with van der Waals surface area (Å²) < 4.78 is 5.52. The first-order valence-electron chi connectivity index (χ1n) is 8.55. The molecule has 0 radical (unpaired) electrons. The molecule has 2 amide bonds. The normalized spacial score (nSPS) is 11.4. The van der Waals surface area contributed by atoms with Gasteiger partial charge in [0.2, 0.25) is 5.89 Å². The second-order valence-corrected chi connectivity index (χ2v) is 6.82.